The molecule has 6 nitrogen and oxygen atoms in total. The average Bonchev–Trinajstić information content (AvgIpc) is 2.26. The molecule has 0 spiro atoms. The van der Waals surface area contributed by atoms with Crippen molar-refractivity contribution in [2.24, 2.45) is 0 Å². The summed E-state index contributed by atoms with van der Waals surface area (Å²) < 4.78 is 24.6. The second-order valence-electron chi connectivity index (χ2n) is 3.93. The van der Waals surface area contributed by atoms with E-state index in [-0.39, 0.29) is 6.54 Å². The van der Waals surface area contributed by atoms with Crippen molar-refractivity contribution in [1.29, 1.82) is 0 Å². The lowest BCUT2D eigenvalue weighted by Crippen LogP contribution is -2.38. The number of hydrogen-bond acceptors (Lipinski definition) is 4. The van der Waals surface area contributed by atoms with Crippen LogP contribution < -0.4 is 0 Å². The Kier molecular flexibility index (Phi) is 3.12. The van der Waals surface area contributed by atoms with Crippen molar-refractivity contribution in [3.63, 3.8) is 0 Å². The Labute approximate surface area is 99.1 Å². The summed E-state index contributed by atoms with van der Waals surface area (Å²) in [4.78, 5) is 9.49. The molecule has 0 aromatic heterocycles. The standard InChI is InChI=1S/C10H12N2O4S/c13-12(14)8-17(15,16)11-6-5-9-3-1-2-4-10(9)7-11/h1-4H,5-8H2. The minimum absolute atomic E-state index is 0.229. The van der Waals surface area contributed by atoms with Gasteiger partial charge in [0, 0.05) is 18.0 Å². The Hall–Kier alpha value is -1.47. The first-order valence-corrected chi connectivity index (χ1v) is 6.76. The first-order valence-electron chi connectivity index (χ1n) is 5.15. The Morgan fingerprint density at radius 3 is 2.59 bits per heavy atom. The van der Waals surface area contributed by atoms with Crippen LogP contribution >= 0.6 is 0 Å². The van der Waals surface area contributed by atoms with E-state index in [4.69, 9.17) is 0 Å². The summed E-state index contributed by atoms with van der Waals surface area (Å²) in [5.74, 6) is -1.03. The quantitative estimate of drug-likeness (QED) is 0.586. The molecule has 0 fully saturated rings. The summed E-state index contributed by atoms with van der Waals surface area (Å²) in [5.41, 5.74) is 2.03. The van der Waals surface area contributed by atoms with Crippen LogP contribution in [0.1, 0.15) is 11.1 Å². The van der Waals surface area contributed by atoms with E-state index in [1.54, 1.807) is 0 Å². The van der Waals surface area contributed by atoms with Crippen LogP contribution in [0.25, 0.3) is 0 Å². The highest BCUT2D eigenvalue weighted by molar-refractivity contribution is 7.88. The fourth-order valence-electron chi connectivity index (χ4n) is 1.92. The van der Waals surface area contributed by atoms with Gasteiger partial charge in [-0.2, -0.15) is 4.31 Å². The van der Waals surface area contributed by atoms with Gasteiger partial charge in [-0.05, 0) is 17.5 Å². The molecular formula is C10H12N2O4S. The van der Waals surface area contributed by atoms with Gasteiger partial charge in [0.1, 0.15) is 0 Å². The van der Waals surface area contributed by atoms with E-state index in [9.17, 15) is 18.5 Å². The predicted molar refractivity (Wildman–Crippen MR) is 61.3 cm³/mol. The number of nitrogens with zero attached hydrogens (tertiary/aromatic N) is 2. The Morgan fingerprint density at radius 2 is 1.94 bits per heavy atom. The summed E-state index contributed by atoms with van der Waals surface area (Å²) >= 11 is 0. The minimum Gasteiger partial charge on any atom is -0.263 e. The van der Waals surface area contributed by atoms with Gasteiger partial charge in [-0.15, -0.1) is 0 Å². The summed E-state index contributed by atoms with van der Waals surface area (Å²) in [6.45, 7) is 0.541. The van der Waals surface area contributed by atoms with Crippen molar-refractivity contribution in [2.75, 3.05) is 12.4 Å². The molecule has 92 valence electrons. The zero-order valence-electron chi connectivity index (χ0n) is 9.07. The third-order valence-corrected chi connectivity index (χ3v) is 4.39. The van der Waals surface area contributed by atoms with Crippen LogP contribution in [-0.4, -0.2) is 30.1 Å². The SMILES string of the molecule is O=[N+]([O-])CS(=O)(=O)N1CCc2ccccc2C1. The van der Waals surface area contributed by atoms with Gasteiger partial charge in [0.05, 0.1) is 0 Å². The Balaban J connectivity index is 2.20. The number of rotatable bonds is 3. The van der Waals surface area contributed by atoms with Gasteiger partial charge in [0.15, 0.2) is 0 Å². The largest absolute Gasteiger partial charge is 0.315 e. The van der Waals surface area contributed by atoms with Crippen LogP contribution in [-0.2, 0) is 23.0 Å². The van der Waals surface area contributed by atoms with Crippen LogP contribution in [0, 0.1) is 10.1 Å². The number of hydrogen-bond donors (Lipinski definition) is 0. The molecule has 1 aliphatic heterocycles. The van der Waals surface area contributed by atoms with Gasteiger partial charge in [0.25, 0.3) is 10.0 Å². The lowest BCUT2D eigenvalue weighted by molar-refractivity contribution is -0.459. The number of sulfonamides is 1. The normalized spacial score (nSPS) is 16.5. The third kappa shape index (κ3) is 2.62. The van der Waals surface area contributed by atoms with Gasteiger partial charge in [-0.25, -0.2) is 8.42 Å². The van der Waals surface area contributed by atoms with Crippen molar-refractivity contribution in [1.82, 2.24) is 4.31 Å². The molecule has 0 N–H and O–H groups in total. The minimum atomic E-state index is -3.79. The van der Waals surface area contributed by atoms with E-state index in [0.29, 0.717) is 13.0 Å². The van der Waals surface area contributed by atoms with Crippen LogP contribution in [0.5, 0.6) is 0 Å². The highest BCUT2D eigenvalue weighted by Crippen LogP contribution is 2.20. The molecule has 0 radical (unpaired) electrons. The molecular weight excluding hydrogens is 244 g/mol. The third-order valence-electron chi connectivity index (χ3n) is 2.76. The highest BCUT2D eigenvalue weighted by Gasteiger charge is 2.30. The first-order chi connectivity index (χ1) is 7.99. The Bertz CT molecular complexity index is 541. The zero-order chi connectivity index (χ0) is 12.5. The van der Waals surface area contributed by atoms with Gasteiger partial charge < -0.3 is 0 Å². The molecule has 0 saturated heterocycles. The molecule has 17 heavy (non-hydrogen) atoms. The lowest BCUT2D eigenvalue weighted by atomic mass is 10.0. The fraction of sp³-hybridized carbons (Fsp3) is 0.400. The molecule has 0 bridgehead atoms. The van der Waals surface area contributed by atoms with Gasteiger partial charge in [-0.1, -0.05) is 24.3 Å². The van der Waals surface area contributed by atoms with Crippen molar-refractivity contribution >= 4 is 10.0 Å². The van der Waals surface area contributed by atoms with Crippen molar-refractivity contribution in [2.45, 2.75) is 13.0 Å². The summed E-state index contributed by atoms with van der Waals surface area (Å²) in [6.07, 6.45) is 0.604. The molecule has 1 aromatic carbocycles. The number of nitro groups is 1. The summed E-state index contributed by atoms with van der Waals surface area (Å²) in [6, 6.07) is 7.54. The van der Waals surface area contributed by atoms with Crippen LogP contribution in [0.3, 0.4) is 0 Å². The molecule has 0 saturated carbocycles. The zero-order valence-corrected chi connectivity index (χ0v) is 9.89. The topological polar surface area (TPSA) is 80.5 Å². The van der Waals surface area contributed by atoms with E-state index in [1.165, 1.54) is 4.31 Å². The van der Waals surface area contributed by atoms with E-state index in [1.807, 2.05) is 24.3 Å². The molecule has 0 amide bonds. The van der Waals surface area contributed by atoms with E-state index >= 15 is 0 Å². The van der Waals surface area contributed by atoms with Crippen molar-refractivity contribution in [3.8, 4) is 0 Å². The van der Waals surface area contributed by atoms with E-state index in [2.05, 4.69) is 0 Å². The molecule has 7 heteroatoms. The summed E-state index contributed by atoms with van der Waals surface area (Å²) in [5, 5.41) is 10.3. The molecule has 1 aliphatic rings. The van der Waals surface area contributed by atoms with Crippen LogP contribution in [0.15, 0.2) is 24.3 Å². The second kappa shape index (κ2) is 4.42. The Morgan fingerprint density at radius 1 is 1.29 bits per heavy atom. The predicted octanol–water partition coefficient (Wildman–Crippen LogP) is 0.609. The average molecular weight is 256 g/mol. The van der Waals surface area contributed by atoms with Crippen molar-refractivity contribution < 1.29 is 13.3 Å². The molecule has 0 unspecified atom stereocenters. The van der Waals surface area contributed by atoms with Crippen LogP contribution in [0.4, 0.5) is 0 Å². The maximum Gasteiger partial charge on any atom is 0.315 e. The monoisotopic (exact) mass is 256 g/mol. The maximum absolute atomic E-state index is 11.7. The second-order valence-corrected chi connectivity index (χ2v) is 5.86. The number of benzene rings is 1. The molecule has 1 aromatic rings. The molecule has 1 heterocycles. The van der Waals surface area contributed by atoms with Gasteiger partial charge in [-0.3, -0.25) is 10.1 Å². The van der Waals surface area contributed by atoms with Crippen molar-refractivity contribution in [3.05, 3.63) is 45.5 Å². The molecule has 0 atom stereocenters. The first kappa shape index (κ1) is 12.0. The van der Waals surface area contributed by atoms with Gasteiger partial charge >= 0.3 is 5.88 Å². The molecule has 2 rings (SSSR count). The fourth-order valence-corrected chi connectivity index (χ4v) is 3.06. The van der Waals surface area contributed by atoms with Gasteiger partial charge in [0.2, 0.25) is 0 Å². The highest BCUT2D eigenvalue weighted by atomic mass is 32.2. The molecule has 0 aliphatic carbocycles. The van der Waals surface area contributed by atoms with E-state index in [0.717, 1.165) is 11.1 Å². The summed E-state index contributed by atoms with van der Waals surface area (Å²) in [7, 11) is -3.79. The lowest BCUT2D eigenvalue weighted by Gasteiger charge is -2.26. The van der Waals surface area contributed by atoms with Crippen LogP contribution in [0.2, 0.25) is 0 Å². The maximum atomic E-state index is 11.7. The smallest absolute Gasteiger partial charge is 0.263 e. The van der Waals surface area contributed by atoms with E-state index < -0.39 is 20.8 Å². The number of fused-ring (bicyclic) bond motifs is 1.